The van der Waals surface area contributed by atoms with E-state index in [0.717, 1.165) is 0 Å². The zero-order valence-electron chi connectivity index (χ0n) is 11.6. The summed E-state index contributed by atoms with van der Waals surface area (Å²) in [6.07, 6.45) is 2.81. The largest absolute Gasteiger partial charge is 0.480 e. The zero-order valence-corrected chi connectivity index (χ0v) is 13.1. The van der Waals surface area contributed by atoms with Crippen molar-refractivity contribution >= 4 is 45.9 Å². The molecule has 0 aliphatic rings. The number of carbonyl (C=O) groups is 2. The van der Waals surface area contributed by atoms with Gasteiger partial charge in [-0.05, 0) is 35.9 Å². The summed E-state index contributed by atoms with van der Waals surface area (Å²) in [6.45, 7) is 0. The highest BCUT2D eigenvalue weighted by Gasteiger charge is 2.32. The molecular formula is C16H10Cl2N2O3. The van der Waals surface area contributed by atoms with Gasteiger partial charge in [0.1, 0.15) is 11.6 Å². The summed E-state index contributed by atoms with van der Waals surface area (Å²) in [7, 11) is 0. The Morgan fingerprint density at radius 2 is 1.87 bits per heavy atom. The van der Waals surface area contributed by atoms with Gasteiger partial charge in [-0.15, -0.1) is 0 Å². The molecule has 2 aromatic heterocycles. The molecule has 1 unspecified atom stereocenters. The second-order valence-electron chi connectivity index (χ2n) is 4.93. The molecule has 0 fully saturated rings. The highest BCUT2D eigenvalue weighted by Crippen LogP contribution is 2.30. The number of carboxylic acid groups (broad SMARTS) is 1. The van der Waals surface area contributed by atoms with E-state index in [-0.39, 0.29) is 5.69 Å². The van der Waals surface area contributed by atoms with E-state index in [9.17, 15) is 14.7 Å². The van der Waals surface area contributed by atoms with Gasteiger partial charge in [-0.1, -0.05) is 23.2 Å². The van der Waals surface area contributed by atoms with Crippen LogP contribution in [0.4, 0.5) is 0 Å². The van der Waals surface area contributed by atoms with E-state index in [1.807, 2.05) is 0 Å². The van der Waals surface area contributed by atoms with Gasteiger partial charge >= 0.3 is 5.97 Å². The topological polar surface area (TPSA) is 83.0 Å². The van der Waals surface area contributed by atoms with Crippen LogP contribution in [0.1, 0.15) is 22.0 Å². The van der Waals surface area contributed by atoms with Crippen LogP contribution in [-0.2, 0) is 4.79 Å². The van der Waals surface area contributed by atoms with Crippen molar-refractivity contribution in [2.45, 2.75) is 5.92 Å². The molecule has 7 heteroatoms. The Kier molecular flexibility index (Phi) is 4.07. The summed E-state index contributed by atoms with van der Waals surface area (Å²) in [5, 5.41) is 11.0. The van der Waals surface area contributed by atoms with E-state index < -0.39 is 17.7 Å². The molecule has 1 aromatic carbocycles. The van der Waals surface area contributed by atoms with Gasteiger partial charge in [-0.2, -0.15) is 0 Å². The van der Waals surface area contributed by atoms with Crippen LogP contribution in [0.2, 0.25) is 10.0 Å². The quantitative estimate of drug-likeness (QED) is 0.552. The van der Waals surface area contributed by atoms with E-state index in [4.69, 9.17) is 23.2 Å². The second-order valence-corrected chi connectivity index (χ2v) is 5.80. The highest BCUT2D eigenvalue weighted by molar-refractivity contribution is 6.31. The maximum atomic E-state index is 12.6. The van der Waals surface area contributed by atoms with Gasteiger partial charge in [0.05, 0.1) is 5.02 Å². The normalized spacial score (nSPS) is 12.3. The second kappa shape index (κ2) is 6.02. The van der Waals surface area contributed by atoms with Gasteiger partial charge in [0.2, 0.25) is 0 Å². The molecule has 0 saturated carbocycles. The first kappa shape index (κ1) is 15.5. The minimum absolute atomic E-state index is 0.0400. The highest BCUT2D eigenvalue weighted by atomic mass is 35.5. The number of rotatable bonds is 4. The molecule has 0 saturated heterocycles. The van der Waals surface area contributed by atoms with Crippen LogP contribution in [-0.4, -0.2) is 26.8 Å². The van der Waals surface area contributed by atoms with Crippen LogP contribution in [0.5, 0.6) is 0 Å². The third-order valence-corrected chi connectivity index (χ3v) is 3.93. The molecule has 0 aliphatic heterocycles. The Bertz CT molecular complexity index is 903. The van der Waals surface area contributed by atoms with Crippen molar-refractivity contribution in [3.63, 3.8) is 0 Å². The molecule has 5 nitrogen and oxygen atoms in total. The number of hydrogen-bond acceptors (Lipinski definition) is 3. The standard InChI is InChI=1S/C16H10Cl2N2O3/c17-8-1-3-12-10(5-8)11(7-20-12)14(16(22)23)15(21)13-4-2-9(18)6-19-13/h1-7,14,20H,(H,22,23). The fraction of sp³-hybridized carbons (Fsp3) is 0.0625. The van der Waals surface area contributed by atoms with Crippen molar-refractivity contribution in [3.8, 4) is 0 Å². The van der Waals surface area contributed by atoms with Crippen molar-refractivity contribution in [3.05, 3.63) is 64.0 Å². The van der Waals surface area contributed by atoms with Crippen molar-refractivity contribution in [2.24, 2.45) is 0 Å². The van der Waals surface area contributed by atoms with Gasteiger partial charge in [0.15, 0.2) is 5.78 Å². The number of aromatic amines is 1. The number of nitrogens with one attached hydrogen (secondary N) is 1. The molecule has 116 valence electrons. The lowest BCUT2D eigenvalue weighted by molar-refractivity contribution is -0.137. The van der Waals surface area contributed by atoms with Gasteiger partial charge in [-0.3, -0.25) is 14.6 Å². The number of halogens is 2. The molecule has 3 rings (SSSR count). The van der Waals surface area contributed by atoms with Crippen LogP contribution >= 0.6 is 23.2 Å². The molecule has 3 aromatic rings. The predicted octanol–water partition coefficient (Wildman–Crippen LogP) is 3.92. The number of Topliss-reactive ketones (excluding diaryl/α,β-unsaturated/α-hetero) is 1. The average molecular weight is 349 g/mol. The number of carbonyl (C=O) groups excluding carboxylic acids is 1. The lowest BCUT2D eigenvalue weighted by Crippen LogP contribution is -2.22. The van der Waals surface area contributed by atoms with Gasteiger partial charge in [0.25, 0.3) is 0 Å². The third kappa shape index (κ3) is 2.93. The molecule has 23 heavy (non-hydrogen) atoms. The Morgan fingerprint density at radius 3 is 2.52 bits per heavy atom. The summed E-state index contributed by atoms with van der Waals surface area (Å²) in [5.41, 5.74) is 1.09. The molecule has 0 radical (unpaired) electrons. The summed E-state index contributed by atoms with van der Waals surface area (Å²) < 4.78 is 0. The first-order valence-electron chi connectivity index (χ1n) is 6.62. The van der Waals surface area contributed by atoms with Crippen LogP contribution < -0.4 is 0 Å². The van der Waals surface area contributed by atoms with E-state index in [1.54, 1.807) is 18.2 Å². The fourth-order valence-electron chi connectivity index (χ4n) is 2.41. The maximum Gasteiger partial charge on any atom is 0.319 e. The number of aromatic nitrogens is 2. The number of ketones is 1. The van der Waals surface area contributed by atoms with Gasteiger partial charge in [0, 0.05) is 28.3 Å². The van der Waals surface area contributed by atoms with Crippen LogP contribution in [0.3, 0.4) is 0 Å². The van der Waals surface area contributed by atoms with Gasteiger partial charge in [-0.25, -0.2) is 0 Å². The molecule has 0 spiro atoms. The molecular weight excluding hydrogens is 339 g/mol. The minimum atomic E-state index is -1.38. The third-order valence-electron chi connectivity index (χ3n) is 3.48. The summed E-state index contributed by atoms with van der Waals surface area (Å²) >= 11 is 11.7. The van der Waals surface area contributed by atoms with E-state index >= 15 is 0 Å². The van der Waals surface area contributed by atoms with Gasteiger partial charge < -0.3 is 10.1 Å². The first-order valence-corrected chi connectivity index (χ1v) is 7.38. The molecule has 0 aliphatic carbocycles. The number of nitrogens with zero attached hydrogens (tertiary/aromatic N) is 1. The molecule has 0 bridgehead atoms. The van der Waals surface area contributed by atoms with E-state index in [1.165, 1.54) is 24.5 Å². The van der Waals surface area contributed by atoms with Crippen molar-refractivity contribution in [1.29, 1.82) is 0 Å². The first-order chi connectivity index (χ1) is 11.0. The number of aliphatic carboxylic acids is 1. The number of benzene rings is 1. The summed E-state index contributed by atoms with van der Waals surface area (Å²) in [6, 6.07) is 7.93. The molecule has 0 amide bonds. The van der Waals surface area contributed by atoms with Crippen molar-refractivity contribution in [2.75, 3.05) is 0 Å². The number of carboxylic acids is 1. The molecule has 1 atom stereocenters. The van der Waals surface area contributed by atoms with Crippen molar-refractivity contribution in [1.82, 2.24) is 9.97 Å². The summed E-state index contributed by atoms with van der Waals surface area (Å²) in [5.74, 6) is -3.25. The van der Waals surface area contributed by atoms with Crippen LogP contribution in [0.15, 0.2) is 42.7 Å². The van der Waals surface area contributed by atoms with Crippen molar-refractivity contribution < 1.29 is 14.7 Å². The average Bonchev–Trinajstić information content (AvgIpc) is 2.91. The van der Waals surface area contributed by atoms with E-state index in [2.05, 4.69) is 9.97 Å². The number of hydrogen-bond donors (Lipinski definition) is 2. The Morgan fingerprint density at radius 1 is 1.13 bits per heavy atom. The van der Waals surface area contributed by atoms with E-state index in [0.29, 0.717) is 26.5 Å². The molecule has 2 N–H and O–H groups in total. The predicted molar refractivity (Wildman–Crippen MR) is 87.3 cm³/mol. The Labute approximate surface area is 140 Å². The number of fused-ring (bicyclic) bond motifs is 1. The fourth-order valence-corrected chi connectivity index (χ4v) is 2.69. The Balaban J connectivity index is 2.11. The lowest BCUT2D eigenvalue weighted by atomic mass is 9.92. The van der Waals surface area contributed by atoms with Crippen LogP contribution in [0.25, 0.3) is 10.9 Å². The monoisotopic (exact) mass is 348 g/mol. The smallest absolute Gasteiger partial charge is 0.319 e. The Hall–Kier alpha value is -2.37. The minimum Gasteiger partial charge on any atom is -0.480 e. The number of H-pyrrole nitrogens is 1. The molecule has 2 heterocycles. The number of pyridine rings is 1. The summed E-state index contributed by atoms with van der Waals surface area (Å²) in [4.78, 5) is 31.1. The zero-order chi connectivity index (χ0) is 16.6. The lowest BCUT2D eigenvalue weighted by Gasteiger charge is -2.10. The SMILES string of the molecule is O=C(O)C(C(=O)c1ccc(Cl)cn1)c1c[nH]c2ccc(Cl)cc12. The maximum absolute atomic E-state index is 12.6. The van der Waals surface area contributed by atoms with Crippen LogP contribution in [0, 0.1) is 0 Å².